The van der Waals surface area contributed by atoms with Gasteiger partial charge in [0.1, 0.15) is 12.0 Å². The molecule has 0 amide bonds. The fourth-order valence-corrected chi connectivity index (χ4v) is 1.96. The number of carbonyl (C=O) groups excluding carboxylic acids is 1. The predicted octanol–water partition coefficient (Wildman–Crippen LogP) is 1.35. The minimum atomic E-state index is -1.17. The maximum absolute atomic E-state index is 10.7. The van der Waals surface area contributed by atoms with Crippen molar-refractivity contribution in [3.8, 4) is 0 Å². The fourth-order valence-electron chi connectivity index (χ4n) is 1.79. The molecule has 0 saturated carbocycles. The number of rotatable bonds is 1. The molecule has 0 fully saturated rings. The first-order valence-electron chi connectivity index (χ1n) is 4.30. The zero-order valence-electron chi connectivity index (χ0n) is 7.62. The molecule has 2 rings (SSSR count). The van der Waals surface area contributed by atoms with Crippen LogP contribution in [0.3, 0.4) is 0 Å². The molecule has 1 aliphatic heterocycles. The normalized spacial score (nSPS) is 30.1. The van der Waals surface area contributed by atoms with Gasteiger partial charge in [-0.2, -0.15) is 0 Å². The average Bonchev–Trinajstić information content (AvgIpc) is 2.38. The molecule has 1 aliphatic rings. The molecule has 1 aromatic rings. The molecule has 0 spiro atoms. The lowest BCUT2D eigenvalue weighted by atomic mass is 10.0. The molecule has 74 valence electrons. The maximum atomic E-state index is 10.7. The lowest BCUT2D eigenvalue weighted by Crippen LogP contribution is -2.34. The van der Waals surface area contributed by atoms with Gasteiger partial charge in [0, 0.05) is 10.6 Å². The molecule has 0 bridgehead atoms. The minimum Gasteiger partial charge on any atom is -0.372 e. The van der Waals surface area contributed by atoms with Gasteiger partial charge in [0.15, 0.2) is 0 Å². The van der Waals surface area contributed by atoms with Crippen LogP contribution in [0.25, 0.3) is 0 Å². The van der Waals surface area contributed by atoms with Crippen molar-refractivity contribution < 1.29 is 9.90 Å². The highest BCUT2D eigenvalue weighted by Gasteiger charge is 2.37. The third-order valence-electron chi connectivity index (χ3n) is 2.45. The second-order valence-electron chi connectivity index (χ2n) is 3.56. The molecule has 0 aliphatic carbocycles. The summed E-state index contributed by atoms with van der Waals surface area (Å²) in [6, 6.07) is 4.69. The lowest BCUT2D eigenvalue weighted by Gasteiger charge is -2.18. The Balaban J connectivity index is 2.59. The maximum Gasteiger partial charge on any atom is 0.141 e. The van der Waals surface area contributed by atoms with Crippen molar-refractivity contribution in [2.45, 2.75) is 18.7 Å². The van der Waals surface area contributed by atoms with Crippen LogP contribution in [0.4, 0.5) is 0 Å². The van der Waals surface area contributed by atoms with Gasteiger partial charge in [-0.1, -0.05) is 17.7 Å². The number of hydrogen-bond donors (Lipinski definition) is 2. The van der Waals surface area contributed by atoms with Gasteiger partial charge >= 0.3 is 0 Å². The monoisotopic (exact) mass is 211 g/mol. The molecule has 0 radical (unpaired) electrons. The molecule has 4 heteroatoms. The van der Waals surface area contributed by atoms with E-state index in [1.54, 1.807) is 25.1 Å². The van der Waals surface area contributed by atoms with Crippen LogP contribution < -0.4 is 5.32 Å². The van der Waals surface area contributed by atoms with E-state index in [1.807, 2.05) is 0 Å². The summed E-state index contributed by atoms with van der Waals surface area (Å²) in [5, 5.41) is 13.3. The Morgan fingerprint density at radius 2 is 2.36 bits per heavy atom. The first-order chi connectivity index (χ1) is 6.54. The average molecular weight is 212 g/mol. The van der Waals surface area contributed by atoms with Crippen molar-refractivity contribution in [1.82, 2.24) is 5.32 Å². The highest BCUT2D eigenvalue weighted by atomic mass is 35.5. The van der Waals surface area contributed by atoms with E-state index < -0.39 is 11.8 Å². The zero-order chi connectivity index (χ0) is 10.3. The van der Waals surface area contributed by atoms with Gasteiger partial charge < -0.3 is 9.90 Å². The third kappa shape index (κ3) is 1.34. The number of hydrogen-bond acceptors (Lipinski definition) is 3. The van der Waals surface area contributed by atoms with Crippen LogP contribution in [0.5, 0.6) is 0 Å². The van der Waals surface area contributed by atoms with E-state index in [9.17, 15) is 9.90 Å². The predicted molar refractivity (Wildman–Crippen MR) is 53.0 cm³/mol. The first-order valence-corrected chi connectivity index (χ1v) is 4.67. The highest BCUT2D eigenvalue weighted by Crippen LogP contribution is 2.36. The van der Waals surface area contributed by atoms with Crippen LogP contribution in [0.2, 0.25) is 5.02 Å². The number of fused-ring (bicyclic) bond motifs is 1. The second-order valence-corrected chi connectivity index (χ2v) is 4.00. The Labute approximate surface area is 86.7 Å². The summed E-state index contributed by atoms with van der Waals surface area (Å²) in [7, 11) is 0. The van der Waals surface area contributed by atoms with Crippen molar-refractivity contribution in [2.24, 2.45) is 0 Å². The Morgan fingerprint density at radius 1 is 1.64 bits per heavy atom. The number of carbonyl (C=O) groups is 1. The Bertz CT molecular complexity index is 390. The largest absolute Gasteiger partial charge is 0.372 e. The Morgan fingerprint density at radius 3 is 3.00 bits per heavy atom. The van der Waals surface area contributed by atoms with E-state index >= 15 is 0 Å². The number of nitrogens with one attached hydrogen (secondary N) is 1. The van der Waals surface area contributed by atoms with E-state index in [-0.39, 0.29) is 0 Å². The van der Waals surface area contributed by atoms with Crippen LogP contribution in [0.1, 0.15) is 24.1 Å². The number of benzene rings is 1. The minimum absolute atomic E-state index is 0.447. The Hall–Kier alpha value is -0.900. The SMILES string of the molecule is CC1(O)NC(C=O)c2ccc(Cl)cc21. The van der Waals surface area contributed by atoms with Crippen LogP contribution in [-0.4, -0.2) is 11.4 Å². The zero-order valence-corrected chi connectivity index (χ0v) is 8.38. The summed E-state index contributed by atoms with van der Waals surface area (Å²) in [6.07, 6.45) is 0.772. The van der Waals surface area contributed by atoms with E-state index in [0.29, 0.717) is 10.6 Å². The van der Waals surface area contributed by atoms with Gasteiger partial charge in [0.2, 0.25) is 0 Å². The van der Waals surface area contributed by atoms with Gasteiger partial charge in [-0.3, -0.25) is 5.32 Å². The summed E-state index contributed by atoms with van der Waals surface area (Å²) >= 11 is 5.81. The van der Waals surface area contributed by atoms with E-state index in [0.717, 1.165) is 11.8 Å². The molecule has 14 heavy (non-hydrogen) atoms. The second kappa shape index (κ2) is 3.05. The molecular weight excluding hydrogens is 202 g/mol. The van der Waals surface area contributed by atoms with Crippen molar-refractivity contribution in [3.63, 3.8) is 0 Å². The van der Waals surface area contributed by atoms with Crippen LogP contribution in [0, 0.1) is 0 Å². The van der Waals surface area contributed by atoms with E-state index in [4.69, 9.17) is 11.6 Å². The fraction of sp³-hybridized carbons (Fsp3) is 0.300. The van der Waals surface area contributed by atoms with Gasteiger partial charge in [-0.25, -0.2) is 0 Å². The standard InChI is InChI=1S/C10H10ClNO2/c1-10(14)8-4-6(11)2-3-7(8)9(5-13)12-10/h2-5,9,12,14H,1H3. The highest BCUT2D eigenvalue weighted by molar-refractivity contribution is 6.30. The molecule has 2 unspecified atom stereocenters. The number of halogens is 1. The molecule has 3 nitrogen and oxygen atoms in total. The van der Waals surface area contributed by atoms with Gasteiger partial charge in [0.05, 0.1) is 6.04 Å². The smallest absolute Gasteiger partial charge is 0.141 e. The molecule has 0 aromatic heterocycles. The van der Waals surface area contributed by atoms with Crippen LogP contribution in [-0.2, 0) is 10.5 Å². The summed E-state index contributed by atoms with van der Waals surface area (Å²) in [6.45, 7) is 1.60. The molecule has 1 heterocycles. The Kier molecular flexibility index (Phi) is 2.10. The molecule has 1 aromatic carbocycles. The third-order valence-corrected chi connectivity index (χ3v) is 2.68. The van der Waals surface area contributed by atoms with E-state index in [2.05, 4.69) is 5.32 Å². The van der Waals surface area contributed by atoms with Crippen LogP contribution in [0.15, 0.2) is 18.2 Å². The lowest BCUT2D eigenvalue weighted by molar-refractivity contribution is -0.111. The van der Waals surface area contributed by atoms with Crippen molar-refractivity contribution in [3.05, 3.63) is 34.3 Å². The van der Waals surface area contributed by atoms with Gasteiger partial charge in [-0.05, 0) is 24.6 Å². The summed E-state index contributed by atoms with van der Waals surface area (Å²) in [5.41, 5.74) is 0.280. The summed E-state index contributed by atoms with van der Waals surface area (Å²) in [4.78, 5) is 10.7. The van der Waals surface area contributed by atoms with E-state index in [1.165, 1.54) is 0 Å². The summed E-state index contributed by atoms with van der Waals surface area (Å²) < 4.78 is 0. The van der Waals surface area contributed by atoms with Crippen LogP contribution >= 0.6 is 11.6 Å². The van der Waals surface area contributed by atoms with Crippen molar-refractivity contribution in [2.75, 3.05) is 0 Å². The molecule has 2 atom stereocenters. The number of aldehydes is 1. The van der Waals surface area contributed by atoms with Gasteiger partial charge in [-0.15, -0.1) is 0 Å². The van der Waals surface area contributed by atoms with Crippen molar-refractivity contribution >= 4 is 17.9 Å². The topological polar surface area (TPSA) is 49.3 Å². The quantitative estimate of drug-likeness (QED) is 0.690. The molecule has 2 N–H and O–H groups in total. The molecular formula is C10H10ClNO2. The number of aliphatic hydroxyl groups is 1. The summed E-state index contributed by atoms with van der Waals surface area (Å²) in [5.74, 6) is 0. The van der Waals surface area contributed by atoms with Gasteiger partial charge in [0.25, 0.3) is 0 Å². The molecule has 0 saturated heterocycles. The van der Waals surface area contributed by atoms with Crippen molar-refractivity contribution in [1.29, 1.82) is 0 Å². The first kappa shape index (κ1) is 9.65.